The van der Waals surface area contributed by atoms with E-state index in [1.54, 1.807) is 28.6 Å². The fourth-order valence-corrected chi connectivity index (χ4v) is 5.52. The summed E-state index contributed by atoms with van der Waals surface area (Å²) in [5, 5.41) is 10.5. The van der Waals surface area contributed by atoms with Gasteiger partial charge in [0, 0.05) is 55.3 Å². The SMILES string of the molecule is CNCc1cnc(F)cc1-c1cccc2cc(-c3nc(NCCN4CCNC4=O)ncc3Cl)sc12. The van der Waals surface area contributed by atoms with Gasteiger partial charge in [0.05, 0.1) is 16.1 Å². The summed E-state index contributed by atoms with van der Waals surface area (Å²) in [5.74, 6) is -0.0798. The lowest BCUT2D eigenvalue weighted by Gasteiger charge is -2.14. The van der Waals surface area contributed by atoms with Crippen molar-refractivity contribution in [3.8, 4) is 21.7 Å². The molecule has 35 heavy (non-hydrogen) atoms. The van der Waals surface area contributed by atoms with Crippen molar-refractivity contribution in [2.75, 3.05) is 38.5 Å². The van der Waals surface area contributed by atoms with E-state index in [1.165, 1.54) is 6.07 Å². The van der Waals surface area contributed by atoms with E-state index in [9.17, 15) is 9.18 Å². The monoisotopic (exact) mass is 511 g/mol. The lowest BCUT2D eigenvalue weighted by atomic mass is 10.0. The number of aromatic nitrogens is 3. The zero-order valence-electron chi connectivity index (χ0n) is 18.9. The number of carbonyl (C=O) groups excluding carboxylic acids is 1. The fraction of sp³-hybridized carbons (Fsp3) is 0.250. The summed E-state index contributed by atoms with van der Waals surface area (Å²) < 4.78 is 15.1. The third-order valence-electron chi connectivity index (χ3n) is 5.74. The second kappa shape index (κ2) is 10.1. The second-order valence-electron chi connectivity index (χ2n) is 8.06. The van der Waals surface area contributed by atoms with Crippen LogP contribution in [0.2, 0.25) is 5.02 Å². The van der Waals surface area contributed by atoms with Gasteiger partial charge in [-0.3, -0.25) is 0 Å². The van der Waals surface area contributed by atoms with Gasteiger partial charge >= 0.3 is 6.03 Å². The number of thiophene rings is 1. The molecule has 0 atom stereocenters. The van der Waals surface area contributed by atoms with Crippen LogP contribution in [0.3, 0.4) is 0 Å². The summed E-state index contributed by atoms with van der Waals surface area (Å²) >= 11 is 8.03. The van der Waals surface area contributed by atoms with Gasteiger partial charge in [0.25, 0.3) is 0 Å². The molecule has 1 fully saturated rings. The van der Waals surface area contributed by atoms with Crippen molar-refractivity contribution < 1.29 is 9.18 Å². The van der Waals surface area contributed by atoms with Crippen molar-refractivity contribution in [3.63, 3.8) is 0 Å². The first-order chi connectivity index (χ1) is 17.0. The van der Waals surface area contributed by atoms with Crippen molar-refractivity contribution in [1.29, 1.82) is 0 Å². The third kappa shape index (κ3) is 4.90. The van der Waals surface area contributed by atoms with E-state index in [2.05, 4.69) is 30.9 Å². The molecule has 11 heteroatoms. The van der Waals surface area contributed by atoms with E-state index in [4.69, 9.17) is 11.6 Å². The molecule has 1 saturated heterocycles. The van der Waals surface area contributed by atoms with Crippen LogP contribution in [0.5, 0.6) is 0 Å². The molecule has 2 amide bonds. The van der Waals surface area contributed by atoms with Crippen LogP contribution < -0.4 is 16.0 Å². The number of rotatable bonds is 8. The Kier molecular flexibility index (Phi) is 6.76. The molecular weight excluding hydrogens is 489 g/mol. The van der Waals surface area contributed by atoms with Crippen LogP contribution in [0.1, 0.15) is 5.56 Å². The first-order valence-electron chi connectivity index (χ1n) is 11.1. The van der Waals surface area contributed by atoms with E-state index in [1.807, 2.05) is 31.3 Å². The van der Waals surface area contributed by atoms with Gasteiger partial charge in [0.2, 0.25) is 11.9 Å². The molecule has 8 nitrogen and oxygen atoms in total. The third-order valence-corrected chi connectivity index (χ3v) is 7.21. The standard InChI is InChI=1S/C24H23ClFN7OS/c1-27-11-15-12-30-20(26)10-17(15)16-4-2-3-14-9-19(35-22(14)16)21-18(25)13-31-23(32-21)28-5-7-33-8-6-29-24(33)34/h2-4,9-10,12-13,27H,5-8,11H2,1H3,(H,29,34)(H,28,31,32). The maximum absolute atomic E-state index is 14.1. The van der Waals surface area contributed by atoms with E-state index in [-0.39, 0.29) is 6.03 Å². The van der Waals surface area contributed by atoms with Crippen molar-refractivity contribution in [2.24, 2.45) is 0 Å². The number of amides is 2. The molecule has 3 aromatic heterocycles. The van der Waals surface area contributed by atoms with E-state index >= 15 is 0 Å². The highest BCUT2D eigenvalue weighted by Crippen LogP contribution is 2.41. The molecule has 4 aromatic rings. The van der Waals surface area contributed by atoms with Crippen LogP contribution in [-0.2, 0) is 6.54 Å². The van der Waals surface area contributed by atoms with Crippen molar-refractivity contribution in [1.82, 2.24) is 30.5 Å². The van der Waals surface area contributed by atoms with Crippen LogP contribution in [-0.4, -0.2) is 59.1 Å². The predicted octanol–water partition coefficient (Wildman–Crippen LogP) is 4.37. The van der Waals surface area contributed by atoms with Crippen LogP contribution in [0.25, 0.3) is 31.8 Å². The molecule has 0 aliphatic carbocycles. The topological polar surface area (TPSA) is 95.1 Å². The van der Waals surface area contributed by atoms with Crippen LogP contribution in [0.15, 0.2) is 42.7 Å². The van der Waals surface area contributed by atoms with E-state index in [0.29, 0.717) is 49.4 Å². The summed E-state index contributed by atoms with van der Waals surface area (Å²) in [6.07, 6.45) is 3.14. The first kappa shape index (κ1) is 23.4. The number of halogens is 2. The van der Waals surface area contributed by atoms with Crippen LogP contribution in [0.4, 0.5) is 15.1 Å². The summed E-state index contributed by atoms with van der Waals surface area (Å²) in [4.78, 5) is 27.1. The van der Waals surface area contributed by atoms with Gasteiger partial charge in [0.15, 0.2) is 0 Å². The molecule has 0 saturated carbocycles. The highest BCUT2D eigenvalue weighted by molar-refractivity contribution is 7.22. The van der Waals surface area contributed by atoms with E-state index in [0.717, 1.165) is 31.7 Å². The minimum absolute atomic E-state index is 0.0578. The average molecular weight is 512 g/mol. The number of fused-ring (bicyclic) bond motifs is 1. The molecule has 0 unspecified atom stereocenters. The van der Waals surface area contributed by atoms with Gasteiger partial charge in [-0.2, -0.15) is 4.39 Å². The Morgan fingerprint density at radius 2 is 2.11 bits per heavy atom. The second-order valence-corrected chi connectivity index (χ2v) is 9.52. The molecular formula is C24H23ClFN7OS. The summed E-state index contributed by atoms with van der Waals surface area (Å²) in [6, 6.07) is 9.41. The Labute approximate surface area is 210 Å². The largest absolute Gasteiger partial charge is 0.352 e. The fourth-order valence-electron chi connectivity index (χ4n) is 4.08. The Bertz CT molecular complexity index is 1400. The predicted molar refractivity (Wildman–Crippen MR) is 137 cm³/mol. The number of urea groups is 1. The lowest BCUT2D eigenvalue weighted by molar-refractivity contribution is 0.219. The molecule has 1 aliphatic rings. The smallest absolute Gasteiger partial charge is 0.317 e. The Hall–Kier alpha value is -3.34. The van der Waals surface area contributed by atoms with Crippen molar-refractivity contribution in [3.05, 3.63) is 59.3 Å². The van der Waals surface area contributed by atoms with Gasteiger partial charge in [-0.15, -0.1) is 11.3 Å². The zero-order valence-corrected chi connectivity index (χ0v) is 20.5. The van der Waals surface area contributed by atoms with Crippen molar-refractivity contribution in [2.45, 2.75) is 6.54 Å². The van der Waals surface area contributed by atoms with Crippen LogP contribution >= 0.6 is 22.9 Å². The lowest BCUT2D eigenvalue weighted by Crippen LogP contribution is -2.32. The van der Waals surface area contributed by atoms with Gasteiger partial charge in [-0.05, 0) is 29.6 Å². The molecule has 3 N–H and O–H groups in total. The number of carbonyl (C=O) groups is 1. The van der Waals surface area contributed by atoms with Gasteiger partial charge in [-0.25, -0.2) is 19.7 Å². The molecule has 180 valence electrons. The maximum Gasteiger partial charge on any atom is 0.317 e. The summed E-state index contributed by atoms with van der Waals surface area (Å²) in [6.45, 7) is 3.00. The van der Waals surface area contributed by atoms with Gasteiger partial charge < -0.3 is 20.9 Å². The highest BCUT2D eigenvalue weighted by atomic mass is 35.5. The molecule has 0 bridgehead atoms. The number of nitrogens with zero attached hydrogens (tertiary/aromatic N) is 4. The number of nitrogens with one attached hydrogen (secondary N) is 3. The molecule has 1 aliphatic heterocycles. The maximum atomic E-state index is 14.1. The Morgan fingerprint density at radius 3 is 2.91 bits per heavy atom. The number of benzene rings is 1. The molecule has 0 radical (unpaired) electrons. The summed E-state index contributed by atoms with van der Waals surface area (Å²) in [5.41, 5.74) is 3.26. The first-order valence-corrected chi connectivity index (χ1v) is 12.3. The molecule has 0 spiro atoms. The Morgan fingerprint density at radius 1 is 1.23 bits per heavy atom. The molecule has 1 aromatic carbocycles. The van der Waals surface area contributed by atoms with Crippen molar-refractivity contribution >= 4 is 45.0 Å². The normalized spacial score (nSPS) is 13.5. The minimum Gasteiger partial charge on any atom is -0.352 e. The highest BCUT2D eigenvalue weighted by Gasteiger charge is 2.19. The zero-order chi connectivity index (χ0) is 24.4. The number of hydrogen-bond donors (Lipinski definition) is 3. The molecule has 4 heterocycles. The quantitative estimate of drug-likeness (QED) is 0.304. The van der Waals surface area contributed by atoms with E-state index < -0.39 is 5.95 Å². The Balaban J connectivity index is 1.46. The number of pyridine rings is 1. The van der Waals surface area contributed by atoms with Crippen LogP contribution in [0, 0.1) is 5.95 Å². The number of anilines is 1. The average Bonchev–Trinajstić information content (AvgIpc) is 3.47. The van der Waals surface area contributed by atoms with Gasteiger partial charge in [-0.1, -0.05) is 29.8 Å². The molecule has 5 rings (SSSR count). The number of hydrogen-bond acceptors (Lipinski definition) is 7. The van der Waals surface area contributed by atoms with Gasteiger partial charge in [0.1, 0.15) is 5.69 Å². The summed E-state index contributed by atoms with van der Waals surface area (Å²) in [7, 11) is 1.85. The minimum atomic E-state index is -0.519.